The molecule has 8 heteroatoms. The van der Waals surface area contributed by atoms with Gasteiger partial charge in [0.15, 0.2) is 0 Å². The van der Waals surface area contributed by atoms with Crippen LogP contribution in [0.25, 0.3) is 0 Å². The van der Waals surface area contributed by atoms with E-state index in [0.29, 0.717) is 6.42 Å². The van der Waals surface area contributed by atoms with E-state index in [4.69, 9.17) is 9.79 Å². The third-order valence-corrected chi connectivity index (χ3v) is 4.36. The number of aliphatic hydroxyl groups excluding tert-OH is 2. The van der Waals surface area contributed by atoms with Crippen LogP contribution in [0.2, 0.25) is 0 Å². The maximum atomic E-state index is 11.2. The molecule has 1 aromatic rings. The van der Waals surface area contributed by atoms with Crippen molar-refractivity contribution < 1.29 is 29.7 Å². The molecule has 1 aliphatic carbocycles. The van der Waals surface area contributed by atoms with Gasteiger partial charge >= 0.3 is 7.75 Å². The second-order valence-corrected chi connectivity index (χ2v) is 6.74. The lowest BCUT2D eigenvalue weighted by atomic mass is 9.83. The molecular formula is C16H20NO6P. The molecule has 5 N–H and O–H groups in total. The van der Waals surface area contributed by atoms with Crippen LogP contribution in [0.5, 0.6) is 5.75 Å². The van der Waals surface area contributed by atoms with Gasteiger partial charge in [-0.25, -0.2) is 4.57 Å². The number of phenols is 1. The van der Waals surface area contributed by atoms with Gasteiger partial charge in [0.1, 0.15) is 11.5 Å². The van der Waals surface area contributed by atoms with Crippen molar-refractivity contribution in [3.05, 3.63) is 53.3 Å². The molecule has 0 saturated carbocycles. The lowest BCUT2D eigenvalue weighted by Gasteiger charge is -2.27. The summed E-state index contributed by atoms with van der Waals surface area (Å²) >= 11 is 0. The molecule has 24 heavy (non-hydrogen) atoms. The van der Waals surface area contributed by atoms with Crippen LogP contribution in [0, 0.1) is 0 Å². The van der Waals surface area contributed by atoms with Crippen molar-refractivity contribution in [1.29, 1.82) is 0 Å². The Balaban J connectivity index is 2.44. The van der Waals surface area contributed by atoms with E-state index in [2.05, 4.69) is 4.76 Å². The lowest BCUT2D eigenvalue weighted by Crippen LogP contribution is -2.27. The van der Waals surface area contributed by atoms with Gasteiger partial charge in [-0.1, -0.05) is 25.1 Å². The minimum atomic E-state index is -4.69. The molecule has 1 aromatic carbocycles. The van der Waals surface area contributed by atoms with Gasteiger partial charge < -0.3 is 25.1 Å². The fourth-order valence-electron chi connectivity index (χ4n) is 2.77. The van der Waals surface area contributed by atoms with E-state index in [1.165, 1.54) is 24.3 Å². The van der Waals surface area contributed by atoms with Crippen LogP contribution in [0.1, 0.15) is 31.2 Å². The molecule has 7 nitrogen and oxygen atoms in total. The number of benzene rings is 1. The molecule has 0 heterocycles. The molecule has 0 aliphatic heterocycles. The summed E-state index contributed by atoms with van der Waals surface area (Å²) < 4.78 is 14.6. The zero-order valence-corrected chi connectivity index (χ0v) is 14.0. The Morgan fingerprint density at radius 3 is 2.38 bits per heavy atom. The maximum absolute atomic E-state index is 11.2. The highest BCUT2D eigenvalue weighted by Crippen LogP contribution is 2.40. The molecule has 1 aliphatic rings. The zero-order valence-electron chi connectivity index (χ0n) is 13.1. The Morgan fingerprint density at radius 2 is 1.83 bits per heavy atom. The summed E-state index contributed by atoms with van der Waals surface area (Å²) in [6, 6.07) is 6.29. The molecule has 0 radical (unpaired) electrons. The topological polar surface area (TPSA) is 131 Å². The summed E-state index contributed by atoms with van der Waals surface area (Å²) in [5.74, 6) is -0.607. The first-order chi connectivity index (χ1) is 11.2. The van der Waals surface area contributed by atoms with E-state index in [-0.39, 0.29) is 29.2 Å². The first-order valence-corrected chi connectivity index (χ1v) is 9.01. The van der Waals surface area contributed by atoms with Gasteiger partial charge in [-0.3, -0.25) is 0 Å². The molecule has 0 amide bonds. The molecule has 0 saturated heterocycles. The molecule has 0 spiro atoms. The Kier molecular flexibility index (Phi) is 5.62. The van der Waals surface area contributed by atoms with Crippen LogP contribution in [0.15, 0.2) is 52.5 Å². The molecule has 2 atom stereocenters. The smallest absolute Gasteiger partial charge is 0.448 e. The van der Waals surface area contributed by atoms with Gasteiger partial charge in [-0.05, 0) is 30.2 Å². The number of phenolic OH excluding ortho intramolecular Hbond substituents is 1. The standard InChI is InChI=1S/C16H20NO6P/c1-2-12(10-6-8-11(18)9-7-10)16(20)15-13(17-24(21,22)23)4-3-5-14(15)19/h3,5-9,12,16,18-20H,2,4H2,1H3,(H2,21,22,23). The van der Waals surface area contributed by atoms with Gasteiger partial charge in [0.05, 0.1) is 11.8 Å². The zero-order chi connectivity index (χ0) is 17.9. The van der Waals surface area contributed by atoms with E-state index in [1.54, 1.807) is 12.1 Å². The van der Waals surface area contributed by atoms with Crippen molar-refractivity contribution in [2.75, 3.05) is 0 Å². The van der Waals surface area contributed by atoms with E-state index >= 15 is 0 Å². The lowest BCUT2D eigenvalue weighted by molar-refractivity contribution is 0.175. The monoisotopic (exact) mass is 353 g/mol. The average Bonchev–Trinajstić information content (AvgIpc) is 2.48. The molecule has 130 valence electrons. The predicted octanol–water partition coefficient (Wildman–Crippen LogP) is 2.55. The summed E-state index contributed by atoms with van der Waals surface area (Å²) in [5, 5.41) is 30.2. The Bertz CT molecular complexity index is 731. The van der Waals surface area contributed by atoms with E-state index in [9.17, 15) is 19.9 Å². The Morgan fingerprint density at radius 1 is 1.21 bits per heavy atom. The Labute approximate surface area is 139 Å². The minimum Gasteiger partial charge on any atom is -0.508 e. The number of aromatic hydroxyl groups is 1. The van der Waals surface area contributed by atoms with E-state index in [1.807, 2.05) is 6.92 Å². The van der Waals surface area contributed by atoms with Gasteiger partial charge in [0, 0.05) is 17.9 Å². The van der Waals surface area contributed by atoms with Crippen molar-refractivity contribution in [3.63, 3.8) is 0 Å². The molecule has 2 unspecified atom stereocenters. The Hall–Kier alpha value is -1.92. The van der Waals surface area contributed by atoms with Gasteiger partial charge in [0.2, 0.25) is 0 Å². The highest BCUT2D eigenvalue weighted by molar-refractivity contribution is 7.50. The summed E-state index contributed by atoms with van der Waals surface area (Å²) in [5.41, 5.74) is 0.710. The fourth-order valence-corrected chi connectivity index (χ4v) is 3.27. The number of hydrogen-bond acceptors (Lipinski definition) is 4. The summed E-state index contributed by atoms with van der Waals surface area (Å²) in [6.07, 6.45) is 2.31. The fraction of sp³-hybridized carbons (Fsp3) is 0.312. The SMILES string of the molecule is CCC(c1ccc(O)cc1)C(O)C1=C(O)C=CCC1=NP(=O)(O)O. The third-order valence-electron chi connectivity index (χ3n) is 3.86. The van der Waals surface area contributed by atoms with Crippen molar-refractivity contribution in [1.82, 2.24) is 0 Å². The summed E-state index contributed by atoms with van der Waals surface area (Å²) in [4.78, 5) is 18.2. The van der Waals surface area contributed by atoms with E-state index in [0.717, 1.165) is 5.56 Å². The van der Waals surface area contributed by atoms with Crippen molar-refractivity contribution in [2.45, 2.75) is 31.8 Å². The van der Waals surface area contributed by atoms with Crippen molar-refractivity contribution >= 4 is 13.5 Å². The molecule has 0 fully saturated rings. The first kappa shape index (κ1) is 18.4. The van der Waals surface area contributed by atoms with E-state index < -0.39 is 19.8 Å². The number of allylic oxidation sites excluding steroid dienone is 2. The van der Waals surface area contributed by atoms with Crippen molar-refractivity contribution in [2.24, 2.45) is 4.76 Å². The minimum absolute atomic E-state index is 0.0146. The van der Waals surface area contributed by atoms with Crippen molar-refractivity contribution in [3.8, 4) is 5.75 Å². The van der Waals surface area contributed by atoms with Crippen LogP contribution in [-0.4, -0.2) is 36.9 Å². The average molecular weight is 353 g/mol. The normalized spacial score (nSPS) is 19.6. The summed E-state index contributed by atoms with van der Waals surface area (Å²) in [7, 11) is -4.69. The highest BCUT2D eigenvalue weighted by atomic mass is 31.2. The van der Waals surface area contributed by atoms with Crippen LogP contribution in [0.3, 0.4) is 0 Å². The van der Waals surface area contributed by atoms with Gasteiger partial charge in [-0.15, -0.1) is 0 Å². The van der Waals surface area contributed by atoms with Gasteiger partial charge in [-0.2, -0.15) is 4.76 Å². The third kappa shape index (κ3) is 4.33. The second kappa shape index (κ2) is 7.32. The number of nitrogens with zero attached hydrogens (tertiary/aromatic N) is 1. The summed E-state index contributed by atoms with van der Waals surface area (Å²) in [6.45, 7) is 1.84. The van der Waals surface area contributed by atoms with Crippen LogP contribution in [-0.2, 0) is 4.57 Å². The largest absolute Gasteiger partial charge is 0.508 e. The quantitative estimate of drug-likeness (QED) is 0.517. The number of rotatable bonds is 5. The van der Waals surface area contributed by atoms with Crippen LogP contribution >= 0.6 is 7.75 Å². The first-order valence-electron chi connectivity index (χ1n) is 7.44. The van der Waals surface area contributed by atoms with Gasteiger partial charge in [0.25, 0.3) is 0 Å². The molecule has 0 bridgehead atoms. The molecular weight excluding hydrogens is 333 g/mol. The molecule has 0 aromatic heterocycles. The highest BCUT2D eigenvalue weighted by Gasteiger charge is 2.31. The van der Waals surface area contributed by atoms with Crippen LogP contribution < -0.4 is 0 Å². The van der Waals surface area contributed by atoms with Crippen LogP contribution in [0.4, 0.5) is 0 Å². The number of hydrogen-bond donors (Lipinski definition) is 5. The molecule has 2 rings (SSSR count). The maximum Gasteiger partial charge on any atom is 0.448 e. The second-order valence-electron chi connectivity index (χ2n) is 5.52. The number of aliphatic hydroxyl groups is 2. The predicted molar refractivity (Wildman–Crippen MR) is 90.0 cm³/mol.